The number of hydrogen-bond acceptors (Lipinski definition) is 3. The Balaban J connectivity index is 2.59. The van der Waals surface area contributed by atoms with Crippen molar-refractivity contribution >= 4 is 12.0 Å². The monoisotopic (exact) mass is 204 g/mol. The number of esters is 1. The number of phenolic OH excluding ortho intramolecular Hbond substituents is 1. The lowest BCUT2D eigenvalue weighted by Gasteiger charge is -1.93. The van der Waals surface area contributed by atoms with Crippen molar-refractivity contribution in [2.24, 2.45) is 0 Å². The van der Waals surface area contributed by atoms with Crippen LogP contribution in [0.15, 0.2) is 42.5 Å². The largest absolute Gasteiger partial charge is 0.508 e. The highest BCUT2D eigenvalue weighted by molar-refractivity contribution is 5.82. The highest BCUT2D eigenvalue weighted by Gasteiger charge is 1.89. The molecule has 0 aliphatic rings. The Kier molecular flexibility index (Phi) is 4.16. The van der Waals surface area contributed by atoms with E-state index in [1.54, 1.807) is 36.4 Å². The van der Waals surface area contributed by atoms with Gasteiger partial charge in [0.05, 0.1) is 7.11 Å². The molecule has 1 aromatic carbocycles. The highest BCUT2D eigenvalue weighted by Crippen LogP contribution is 2.11. The van der Waals surface area contributed by atoms with E-state index >= 15 is 0 Å². The maximum absolute atomic E-state index is 10.7. The summed E-state index contributed by atoms with van der Waals surface area (Å²) in [7, 11) is 1.33. The van der Waals surface area contributed by atoms with Gasteiger partial charge in [-0.2, -0.15) is 0 Å². The van der Waals surface area contributed by atoms with Crippen molar-refractivity contribution < 1.29 is 14.6 Å². The normalized spacial score (nSPS) is 11.0. The minimum Gasteiger partial charge on any atom is -0.508 e. The van der Waals surface area contributed by atoms with Crippen LogP contribution in [0.3, 0.4) is 0 Å². The smallest absolute Gasteiger partial charge is 0.330 e. The van der Waals surface area contributed by atoms with Crippen LogP contribution in [0.5, 0.6) is 5.75 Å². The van der Waals surface area contributed by atoms with Crippen molar-refractivity contribution in [2.75, 3.05) is 7.11 Å². The molecule has 0 atom stereocenters. The quantitative estimate of drug-likeness (QED) is 0.466. The predicted octanol–water partition coefficient (Wildman–Crippen LogP) is 2.13. The first-order valence-electron chi connectivity index (χ1n) is 4.44. The lowest BCUT2D eigenvalue weighted by atomic mass is 10.2. The molecule has 0 heterocycles. The Hall–Kier alpha value is -2.03. The molecular weight excluding hydrogens is 192 g/mol. The molecule has 0 bridgehead atoms. The number of carbonyl (C=O) groups excluding carboxylic acids is 1. The fourth-order valence-corrected chi connectivity index (χ4v) is 0.997. The lowest BCUT2D eigenvalue weighted by Crippen LogP contribution is -1.92. The van der Waals surface area contributed by atoms with Crippen molar-refractivity contribution in [1.29, 1.82) is 0 Å². The fraction of sp³-hybridized carbons (Fsp3) is 0.0833. The third kappa shape index (κ3) is 4.13. The van der Waals surface area contributed by atoms with Gasteiger partial charge in [0.15, 0.2) is 0 Å². The van der Waals surface area contributed by atoms with Gasteiger partial charge in [-0.15, -0.1) is 0 Å². The second-order valence-corrected chi connectivity index (χ2v) is 2.84. The van der Waals surface area contributed by atoms with Crippen LogP contribution in [-0.2, 0) is 9.53 Å². The number of hydrogen-bond donors (Lipinski definition) is 1. The number of rotatable bonds is 3. The first kappa shape index (κ1) is 11.0. The molecule has 0 saturated heterocycles. The highest BCUT2D eigenvalue weighted by atomic mass is 16.5. The van der Waals surface area contributed by atoms with E-state index in [1.165, 1.54) is 13.2 Å². The number of allylic oxidation sites excluding steroid dienone is 2. The van der Waals surface area contributed by atoms with Crippen molar-refractivity contribution in [3.63, 3.8) is 0 Å². The molecule has 1 rings (SSSR count). The van der Waals surface area contributed by atoms with Gasteiger partial charge in [0.1, 0.15) is 5.75 Å². The van der Waals surface area contributed by atoms with E-state index in [-0.39, 0.29) is 5.75 Å². The molecule has 0 radical (unpaired) electrons. The standard InChI is InChI=1S/C12H12O3/c1-15-12(14)8-3-2-5-10-6-4-7-11(13)9-10/h2-9,13H,1H3/b5-2+,8-3-. The summed E-state index contributed by atoms with van der Waals surface area (Å²) in [4.78, 5) is 10.7. The van der Waals surface area contributed by atoms with E-state index in [9.17, 15) is 4.79 Å². The van der Waals surface area contributed by atoms with Gasteiger partial charge in [0.25, 0.3) is 0 Å². The minimum absolute atomic E-state index is 0.217. The summed E-state index contributed by atoms with van der Waals surface area (Å²) in [6.07, 6.45) is 6.38. The van der Waals surface area contributed by atoms with Gasteiger partial charge in [0, 0.05) is 6.08 Å². The fourth-order valence-electron chi connectivity index (χ4n) is 0.997. The van der Waals surface area contributed by atoms with Gasteiger partial charge in [-0.25, -0.2) is 4.79 Å². The molecule has 1 N–H and O–H groups in total. The molecule has 0 aliphatic carbocycles. The molecule has 3 nitrogen and oxygen atoms in total. The molecule has 0 unspecified atom stereocenters. The second kappa shape index (κ2) is 5.65. The van der Waals surface area contributed by atoms with Crippen LogP contribution < -0.4 is 0 Å². The molecule has 15 heavy (non-hydrogen) atoms. The number of aromatic hydroxyl groups is 1. The maximum atomic E-state index is 10.7. The van der Waals surface area contributed by atoms with Crippen LogP contribution in [0.1, 0.15) is 5.56 Å². The molecule has 3 heteroatoms. The Labute approximate surface area is 88.3 Å². The van der Waals surface area contributed by atoms with E-state index in [2.05, 4.69) is 4.74 Å². The number of phenols is 1. The summed E-state index contributed by atoms with van der Waals surface area (Å²) in [6, 6.07) is 6.82. The summed E-state index contributed by atoms with van der Waals surface area (Å²) in [5, 5.41) is 9.17. The summed E-state index contributed by atoms with van der Waals surface area (Å²) in [6.45, 7) is 0. The van der Waals surface area contributed by atoms with Crippen LogP contribution in [0, 0.1) is 0 Å². The van der Waals surface area contributed by atoms with Crippen molar-refractivity contribution in [1.82, 2.24) is 0 Å². The molecule has 0 fully saturated rings. The molecule has 0 aromatic heterocycles. The van der Waals surface area contributed by atoms with Gasteiger partial charge in [-0.1, -0.05) is 30.4 Å². The van der Waals surface area contributed by atoms with Gasteiger partial charge >= 0.3 is 5.97 Å². The zero-order chi connectivity index (χ0) is 11.1. The minimum atomic E-state index is -0.393. The van der Waals surface area contributed by atoms with E-state index in [4.69, 9.17) is 5.11 Å². The average molecular weight is 204 g/mol. The van der Waals surface area contributed by atoms with Crippen LogP contribution in [-0.4, -0.2) is 18.2 Å². The van der Waals surface area contributed by atoms with Gasteiger partial charge < -0.3 is 9.84 Å². The molecule has 0 saturated carbocycles. The Bertz CT molecular complexity index is 392. The summed E-state index contributed by atoms with van der Waals surface area (Å²) in [5.41, 5.74) is 0.865. The third-order valence-electron chi connectivity index (χ3n) is 1.70. The average Bonchev–Trinajstić information content (AvgIpc) is 2.24. The number of carbonyl (C=O) groups is 1. The summed E-state index contributed by atoms with van der Waals surface area (Å²) in [5.74, 6) is -0.176. The predicted molar refractivity (Wildman–Crippen MR) is 58.3 cm³/mol. The topological polar surface area (TPSA) is 46.5 Å². The van der Waals surface area contributed by atoms with Crippen molar-refractivity contribution in [3.8, 4) is 5.75 Å². The van der Waals surface area contributed by atoms with E-state index < -0.39 is 5.97 Å². The van der Waals surface area contributed by atoms with Crippen LogP contribution in [0.2, 0.25) is 0 Å². The maximum Gasteiger partial charge on any atom is 0.330 e. The molecule has 1 aromatic rings. The molecular formula is C12H12O3. The van der Waals surface area contributed by atoms with Crippen molar-refractivity contribution in [3.05, 3.63) is 48.1 Å². The molecule has 0 spiro atoms. The molecule has 78 valence electrons. The van der Waals surface area contributed by atoms with E-state index in [1.807, 2.05) is 6.07 Å². The molecule has 0 aliphatic heterocycles. The zero-order valence-electron chi connectivity index (χ0n) is 8.38. The number of ether oxygens (including phenoxy) is 1. The van der Waals surface area contributed by atoms with E-state index in [0.717, 1.165) is 5.56 Å². The van der Waals surface area contributed by atoms with Gasteiger partial charge in [0.2, 0.25) is 0 Å². The Morgan fingerprint density at radius 1 is 1.40 bits per heavy atom. The van der Waals surface area contributed by atoms with Gasteiger partial charge in [-0.05, 0) is 17.7 Å². The van der Waals surface area contributed by atoms with E-state index in [0.29, 0.717) is 0 Å². The SMILES string of the molecule is COC(=O)/C=C\C=C\c1cccc(O)c1. The summed E-state index contributed by atoms with van der Waals surface area (Å²) >= 11 is 0. The number of benzene rings is 1. The first-order chi connectivity index (χ1) is 7.22. The zero-order valence-corrected chi connectivity index (χ0v) is 8.38. The Morgan fingerprint density at radius 3 is 2.87 bits per heavy atom. The second-order valence-electron chi connectivity index (χ2n) is 2.84. The Morgan fingerprint density at radius 2 is 2.20 bits per heavy atom. The van der Waals surface area contributed by atoms with Crippen LogP contribution >= 0.6 is 0 Å². The van der Waals surface area contributed by atoms with Gasteiger partial charge in [-0.3, -0.25) is 0 Å². The summed E-state index contributed by atoms with van der Waals surface area (Å²) < 4.78 is 4.42. The third-order valence-corrected chi connectivity index (χ3v) is 1.70. The first-order valence-corrected chi connectivity index (χ1v) is 4.44. The van der Waals surface area contributed by atoms with Crippen molar-refractivity contribution in [2.45, 2.75) is 0 Å². The molecule has 0 amide bonds. The van der Waals surface area contributed by atoms with Crippen LogP contribution in [0.25, 0.3) is 6.08 Å². The number of methoxy groups -OCH3 is 1. The van der Waals surface area contributed by atoms with Crippen LogP contribution in [0.4, 0.5) is 0 Å². The lowest BCUT2D eigenvalue weighted by molar-refractivity contribution is -0.134.